The predicted octanol–water partition coefficient (Wildman–Crippen LogP) is 3.82. The molecule has 0 aliphatic heterocycles. The molecule has 0 amide bonds. The van der Waals surface area contributed by atoms with Crippen molar-refractivity contribution >= 4 is 37.7 Å². The molecule has 2 aromatic rings. The van der Waals surface area contributed by atoms with E-state index in [0.717, 1.165) is 49.7 Å². The maximum atomic E-state index is 11.1. The molecule has 0 radical (unpaired) electrons. The minimum absolute atomic E-state index is 0. The van der Waals surface area contributed by atoms with E-state index in [1.54, 1.807) is 24.3 Å². The topological polar surface area (TPSA) is 46.1 Å². The molecule has 0 saturated carbocycles. The van der Waals surface area contributed by atoms with E-state index in [2.05, 4.69) is 13.8 Å². The van der Waals surface area contributed by atoms with Crippen molar-refractivity contribution < 1.29 is 10.2 Å². The van der Waals surface area contributed by atoms with Crippen molar-refractivity contribution in [1.29, 1.82) is 0 Å². The second-order valence-corrected chi connectivity index (χ2v) is 5.42. The van der Waals surface area contributed by atoms with Crippen LogP contribution in [0.5, 0.6) is 11.5 Å². The van der Waals surface area contributed by atoms with Crippen molar-refractivity contribution in [2.24, 2.45) is 0 Å². The smallest absolute Gasteiger partial charge is 0.872 e. The molecule has 2 nitrogen and oxygen atoms in total. The van der Waals surface area contributed by atoms with E-state index in [1.165, 1.54) is 0 Å². The number of unbranched alkanes of at least 4 members (excludes halogenated alkanes) is 2. The summed E-state index contributed by atoms with van der Waals surface area (Å²) < 4.78 is 0. The SMILES string of the molecule is CCCCc1ccccc1[O-].CCCCc1ccccc1[O-].[Ca+2]. The first kappa shape index (κ1) is 22.3. The third-order valence-corrected chi connectivity index (χ3v) is 3.54. The first-order valence-electron chi connectivity index (χ1n) is 8.18. The fourth-order valence-electron chi connectivity index (χ4n) is 2.16. The number of para-hydroxylation sites is 2. The Balaban J connectivity index is 0.000000403. The maximum Gasteiger partial charge on any atom is 2.00 e. The number of aryl methyl sites for hydroxylation is 2. The molecule has 0 aliphatic carbocycles. The second-order valence-electron chi connectivity index (χ2n) is 5.42. The third-order valence-electron chi connectivity index (χ3n) is 3.54. The molecule has 0 bridgehead atoms. The van der Waals surface area contributed by atoms with Gasteiger partial charge in [0.1, 0.15) is 0 Å². The molecule has 0 aromatic heterocycles. The van der Waals surface area contributed by atoms with Crippen LogP contribution in [0.25, 0.3) is 0 Å². The Morgan fingerprint density at radius 2 is 1.00 bits per heavy atom. The van der Waals surface area contributed by atoms with Crippen LogP contribution < -0.4 is 10.2 Å². The third kappa shape index (κ3) is 9.24. The van der Waals surface area contributed by atoms with Crippen molar-refractivity contribution in [1.82, 2.24) is 0 Å². The molecule has 0 saturated heterocycles. The predicted molar refractivity (Wildman–Crippen MR) is 94.8 cm³/mol. The van der Waals surface area contributed by atoms with Crippen LogP contribution >= 0.6 is 0 Å². The van der Waals surface area contributed by atoms with Crippen LogP contribution in [0.3, 0.4) is 0 Å². The summed E-state index contributed by atoms with van der Waals surface area (Å²) in [5.41, 5.74) is 1.91. The molecule has 120 valence electrons. The number of hydrogen-bond donors (Lipinski definition) is 0. The van der Waals surface area contributed by atoms with Gasteiger partial charge in [0.15, 0.2) is 0 Å². The molecule has 2 rings (SSSR count). The number of rotatable bonds is 6. The normalized spacial score (nSPS) is 9.48. The molecule has 0 heterocycles. The van der Waals surface area contributed by atoms with Gasteiger partial charge in [-0.1, -0.05) is 86.3 Å². The van der Waals surface area contributed by atoms with Gasteiger partial charge in [0.2, 0.25) is 0 Å². The average Bonchev–Trinajstić information content (AvgIpc) is 2.54. The molecule has 0 N–H and O–H groups in total. The molecule has 0 atom stereocenters. The minimum Gasteiger partial charge on any atom is -0.872 e. The number of hydrogen-bond acceptors (Lipinski definition) is 2. The zero-order valence-electron chi connectivity index (χ0n) is 14.4. The van der Waals surface area contributed by atoms with Gasteiger partial charge in [0, 0.05) is 0 Å². The largest absolute Gasteiger partial charge is 2.00 e. The molecule has 0 spiro atoms. The van der Waals surface area contributed by atoms with Crippen molar-refractivity contribution in [3.05, 3.63) is 59.7 Å². The zero-order chi connectivity index (χ0) is 16.2. The summed E-state index contributed by atoms with van der Waals surface area (Å²) in [5.74, 6) is 0.363. The summed E-state index contributed by atoms with van der Waals surface area (Å²) in [6, 6.07) is 14.5. The summed E-state index contributed by atoms with van der Waals surface area (Å²) in [5, 5.41) is 22.3. The molecule has 0 fully saturated rings. The van der Waals surface area contributed by atoms with Gasteiger partial charge in [-0.25, -0.2) is 0 Å². The van der Waals surface area contributed by atoms with Crippen LogP contribution in [0.2, 0.25) is 0 Å². The second kappa shape index (κ2) is 13.7. The molecule has 0 unspecified atom stereocenters. The van der Waals surface area contributed by atoms with Crippen LogP contribution in [0.1, 0.15) is 50.7 Å². The van der Waals surface area contributed by atoms with Gasteiger partial charge in [0.05, 0.1) is 0 Å². The molecular formula is C20H26CaO2. The van der Waals surface area contributed by atoms with Crippen LogP contribution in [0.15, 0.2) is 48.5 Å². The quantitative estimate of drug-likeness (QED) is 0.752. The first-order valence-corrected chi connectivity index (χ1v) is 8.18. The summed E-state index contributed by atoms with van der Waals surface area (Å²) >= 11 is 0. The summed E-state index contributed by atoms with van der Waals surface area (Å²) in [6.45, 7) is 4.26. The van der Waals surface area contributed by atoms with Gasteiger partial charge in [0.25, 0.3) is 0 Å². The molecule has 23 heavy (non-hydrogen) atoms. The van der Waals surface area contributed by atoms with E-state index in [-0.39, 0.29) is 49.2 Å². The standard InChI is InChI=1S/2C10H14O.Ca/c2*1-2-3-6-9-7-4-5-8-10(9)11;/h2*4-5,7-8,11H,2-3,6H2,1H3;/q;;+2/p-2. The van der Waals surface area contributed by atoms with Gasteiger partial charge in [-0.15, -0.1) is 11.5 Å². The van der Waals surface area contributed by atoms with E-state index >= 15 is 0 Å². The van der Waals surface area contributed by atoms with Crippen molar-refractivity contribution in [3.63, 3.8) is 0 Å². The molecule has 0 aliphatic rings. The van der Waals surface area contributed by atoms with E-state index in [9.17, 15) is 10.2 Å². The Bertz CT molecular complexity index is 491. The van der Waals surface area contributed by atoms with Gasteiger partial charge in [-0.2, -0.15) is 0 Å². The first-order chi connectivity index (χ1) is 10.7. The van der Waals surface area contributed by atoms with Gasteiger partial charge < -0.3 is 10.2 Å². The van der Waals surface area contributed by atoms with Crippen molar-refractivity contribution in [3.8, 4) is 11.5 Å². The zero-order valence-corrected chi connectivity index (χ0v) is 16.6. The van der Waals surface area contributed by atoms with Crippen LogP contribution in [-0.4, -0.2) is 37.7 Å². The van der Waals surface area contributed by atoms with Gasteiger partial charge >= 0.3 is 37.7 Å². The van der Waals surface area contributed by atoms with Gasteiger partial charge in [-0.3, -0.25) is 0 Å². The Kier molecular flexibility index (Phi) is 13.3. The Morgan fingerprint density at radius 3 is 1.30 bits per heavy atom. The van der Waals surface area contributed by atoms with Crippen molar-refractivity contribution in [2.75, 3.05) is 0 Å². The Hall–Kier alpha value is -0.700. The van der Waals surface area contributed by atoms with E-state index < -0.39 is 0 Å². The van der Waals surface area contributed by atoms with Crippen molar-refractivity contribution in [2.45, 2.75) is 52.4 Å². The van der Waals surface area contributed by atoms with Gasteiger partial charge in [-0.05, 0) is 25.7 Å². The van der Waals surface area contributed by atoms with E-state index in [0.29, 0.717) is 0 Å². The van der Waals surface area contributed by atoms with Crippen LogP contribution in [-0.2, 0) is 12.8 Å². The average molecular weight is 339 g/mol. The fourth-order valence-corrected chi connectivity index (χ4v) is 2.16. The minimum atomic E-state index is 0. The van der Waals surface area contributed by atoms with E-state index in [1.807, 2.05) is 24.3 Å². The Labute approximate surface area is 170 Å². The van der Waals surface area contributed by atoms with Crippen LogP contribution in [0.4, 0.5) is 0 Å². The monoisotopic (exact) mass is 338 g/mol. The fraction of sp³-hybridized carbons (Fsp3) is 0.400. The maximum absolute atomic E-state index is 11.1. The molecule has 3 heteroatoms. The van der Waals surface area contributed by atoms with Crippen LogP contribution in [0, 0.1) is 0 Å². The Morgan fingerprint density at radius 1 is 0.652 bits per heavy atom. The summed E-state index contributed by atoms with van der Waals surface area (Å²) in [7, 11) is 0. The summed E-state index contributed by atoms with van der Waals surface area (Å²) in [4.78, 5) is 0. The number of benzene rings is 2. The summed E-state index contributed by atoms with van der Waals surface area (Å²) in [6.07, 6.45) is 6.37. The van der Waals surface area contributed by atoms with E-state index in [4.69, 9.17) is 0 Å². The molecule has 2 aromatic carbocycles. The molecular weight excluding hydrogens is 312 g/mol.